The molecule has 5 heteroatoms. The summed E-state index contributed by atoms with van der Waals surface area (Å²) in [5, 5.41) is 3.94. The lowest BCUT2D eigenvalue weighted by atomic mass is 10.2. The van der Waals surface area contributed by atoms with Crippen LogP contribution in [-0.4, -0.2) is 10.1 Å². The molecule has 1 aromatic carbocycles. The van der Waals surface area contributed by atoms with Crippen LogP contribution in [0.25, 0.3) is 11.4 Å². The highest BCUT2D eigenvalue weighted by Gasteiger charge is 2.06. The van der Waals surface area contributed by atoms with Gasteiger partial charge in [0.25, 0.3) is 0 Å². The molecule has 0 aliphatic carbocycles. The van der Waals surface area contributed by atoms with Gasteiger partial charge in [0, 0.05) is 17.0 Å². The van der Waals surface area contributed by atoms with E-state index in [1.54, 1.807) is 6.08 Å². The number of halogens is 2. The van der Waals surface area contributed by atoms with Gasteiger partial charge in [-0.15, -0.1) is 6.58 Å². The molecule has 138 valence electrons. The molecule has 2 aromatic heterocycles. The first-order valence-corrected chi connectivity index (χ1v) is 10.0. The van der Waals surface area contributed by atoms with Gasteiger partial charge in [0.05, 0.1) is 5.69 Å². The van der Waals surface area contributed by atoms with Crippen LogP contribution >= 0.6 is 31.9 Å². The molecule has 0 amide bonds. The number of benzene rings is 1. The van der Waals surface area contributed by atoms with Crippen molar-refractivity contribution >= 4 is 31.9 Å². The molecule has 0 bridgehead atoms. The monoisotopic (exact) mass is 478 g/mol. The topological polar surface area (TPSA) is 38.9 Å². The number of rotatable bonds is 3. The Kier molecular flexibility index (Phi) is 10.8. The van der Waals surface area contributed by atoms with Crippen molar-refractivity contribution in [2.24, 2.45) is 0 Å². The van der Waals surface area contributed by atoms with Crippen molar-refractivity contribution in [1.82, 2.24) is 10.1 Å². The van der Waals surface area contributed by atoms with E-state index in [1.165, 1.54) is 10.0 Å². The lowest BCUT2D eigenvalue weighted by Crippen LogP contribution is -1.82. The van der Waals surface area contributed by atoms with Crippen molar-refractivity contribution in [2.45, 2.75) is 33.6 Å². The van der Waals surface area contributed by atoms with Crippen molar-refractivity contribution in [2.75, 3.05) is 0 Å². The van der Waals surface area contributed by atoms with Gasteiger partial charge in [-0.05, 0) is 59.1 Å². The summed E-state index contributed by atoms with van der Waals surface area (Å²) in [6, 6.07) is 16.0. The summed E-state index contributed by atoms with van der Waals surface area (Å²) in [4.78, 5) is 4.29. The Bertz CT molecular complexity index is 800. The third-order valence-corrected chi connectivity index (χ3v) is 4.12. The lowest BCUT2D eigenvalue weighted by molar-refractivity contribution is 0.389. The second-order valence-electron chi connectivity index (χ2n) is 5.27. The standard InChI is InChI=1S/C10H9BrN2O.C8H9Br.C3H6/c1-2-7-6-9(13-14-7)8-4-3-5-10(11)12-8;1-2-7-4-3-5-8(9)6-7;1-3-2/h3-6H,2H2,1H3;3-6H,2H2,1H3;3H,1H2,2H3. The Morgan fingerprint density at radius 3 is 2.19 bits per heavy atom. The van der Waals surface area contributed by atoms with Gasteiger partial charge in [-0.3, -0.25) is 0 Å². The van der Waals surface area contributed by atoms with E-state index in [9.17, 15) is 0 Å². The fourth-order valence-electron chi connectivity index (χ4n) is 1.91. The zero-order valence-corrected chi connectivity index (χ0v) is 18.5. The molecular formula is C21H24Br2N2O. The minimum Gasteiger partial charge on any atom is -0.361 e. The maximum Gasteiger partial charge on any atom is 0.137 e. The maximum atomic E-state index is 5.10. The number of aromatic nitrogens is 2. The molecule has 0 aliphatic rings. The number of hydrogen-bond acceptors (Lipinski definition) is 3. The summed E-state index contributed by atoms with van der Waals surface area (Å²) in [5.41, 5.74) is 2.98. The third kappa shape index (κ3) is 8.11. The van der Waals surface area contributed by atoms with Crippen molar-refractivity contribution in [1.29, 1.82) is 0 Å². The number of aryl methyl sites for hydroxylation is 2. The predicted molar refractivity (Wildman–Crippen MR) is 116 cm³/mol. The van der Waals surface area contributed by atoms with Gasteiger partial charge in [-0.2, -0.15) is 0 Å². The fraction of sp³-hybridized carbons (Fsp3) is 0.238. The van der Waals surface area contributed by atoms with E-state index < -0.39 is 0 Å². The first kappa shape index (κ1) is 22.3. The molecule has 0 saturated carbocycles. The molecule has 0 atom stereocenters. The van der Waals surface area contributed by atoms with E-state index in [1.807, 2.05) is 44.2 Å². The summed E-state index contributed by atoms with van der Waals surface area (Å²) in [5.74, 6) is 0.877. The summed E-state index contributed by atoms with van der Waals surface area (Å²) in [6.07, 6.45) is 3.71. The van der Waals surface area contributed by atoms with Gasteiger partial charge in [-0.1, -0.05) is 59.2 Å². The van der Waals surface area contributed by atoms with Crippen LogP contribution in [0.4, 0.5) is 0 Å². The Hall–Kier alpha value is -1.72. The SMILES string of the molecule is C=CC.CCc1cc(-c2cccc(Br)n2)no1.CCc1cccc(Br)c1. The van der Waals surface area contributed by atoms with E-state index in [0.717, 1.165) is 34.6 Å². The van der Waals surface area contributed by atoms with Crippen LogP contribution in [0.5, 0.6) is 0 Å². The molecule has 0 fully saturated rings. The van der Waals surface area contributed by atoms with Crippen molar-refractivity contribution in [3.8, 4) is 11.4 Å². The molecule has 0 aliphatic heterocycles. The zero-order chi connectivity index (χ0) is 19.4. The quantitative estimate of drug-likeness (QED) is 0.293. The van der Waals surface area contributed by atoms with Crippen LogP contribution in [-0.2, 0) is 12.8 Å². The Labute approximate surface area is 172 Å². The van der Waals surface area contributed by atoms with Gasteiger partial charge in [-0.25, -0.2) is 4.98 Å². The highest BCUT2D eigenvalue weighted by atomic mass is 79.9. The maximum absolute atomic E-state index is 5.10. The Morgan fingerprint density at radius 1 is 1.00 bits per heavy atom. The molecule has 0 spiro atoms. The summed E-state index contributed by atoms with van der Waals surface area (Å²) in [7, 11) is 0. The molecule has 3 aromatic rings. The molecule has 0 unspecified atom stereocenters. The predicted octanol–water partition coefficient (Wildman–Crippen LogP) is 7.27. The van der Waals surface area contributed by atoms with E-state index in [0.29, 0.717) is 0 Å². The van der Waals surface area contributed by atoms with Gasteiger partial charge in [0.15, 0.2) is 0 Å². The number of allylic oxidation sites excluding steroid dienone is 1. The molecule has 0 radical (unpaired) electrons. The van der Waals surface area contributed by atoms with Gasteiger partial charge >= 0.3 is 0 Å². The van der Waals surface area contributed by atoms with Crippen LogP contribution in [0.3, 0.4) is 0 Å². The van der Waals surface area contributed by atoms with Crippen LogP contribution in [0, 0.1) is 0 Å². The highest BCUT2D eigenvalue weighted by Crippen LogP contribution is 2.19. The first-order chi connectivity index (χ1) is 12.5. The highest BCUT2D eigenvalue weighted by molar-refractivity contribution is 9.10. The number of pyridine rings is 1. The second kappa shape index (κ2) is 12.6. The summed E-state index contributed by atoms with van der Waals surface area (Å²) < 4.78 is 7.07. The normalized spacial score (nSPS) is 9.42. The van der Waals surface area contributed by atoms with Gasteiger partial charge in [0.1, 0.15) is 16.1 Å². The Morgan fingerprint density at radius 2 is 1.69 bits per heavy atom. The van der Waals surface area contributed by atoms with Crippen molar-refractivity contribution in [3.05, 3.63) is 81.6 Å². The Balaban J connectivity index is 0.000000243. The van der Waals surface area contributed by atoms with Crippen molar-refractivity contribution in [3.63, 3.8) is 0 Å². The summed E-state index contributed by atoms with van der Waals surface area (Å²) >= 11 is 6.72. The van der Waals surface area contributed by atoms with E-state index in [-0.39, 0.29) is 0 Å². The first-order valence-electron chi connectivity index (χ1n) is 8.44. The van der Waals surface area contributed by atoms with Crippen LogP contribution in [0.1, 0.15) is 32.1 Å². The molecule has 3 nitrogen and oxygen atoms in total. The fourth-order valence-corrected chi connectivity index (χ4v) is 2.70. The molecule has 0 N–H and O–H groups in total. The summed E-state index contributed by atoms with van der Waals surface area (Å²) in [6.45, 7) is 9.43. The largest absolute Gasteiger partial charge is 0.361 e. The molecule has 0 saturated heterocycles. The van der Waals surface area contributed by atoms with E-state index >= 15 is 0 Å². The average Bonchev–Trinajstić information content (AvgIpc) is 3.12. The van der Waals surface area contributed by atoms with Crippen LogP contribution in [0.15, 0.2) is 74.8 Å². The van der Waals surface area contributed by atoms with Gasteiger partial charge in [0.2, 0.25) is 0 Å². The minimum atomic E-state index is 0.781. The smallest absolute Gasteiger partial charge is 0.137 e. The molecule has 26 heavy (non-hydrogen) atoms. The van der Waals surface area contributed by atoms with E-state index in [4.69, 9.17) is 4.52 Å². The number of nitrogens with zero attached hydrogens (tertiary/aromatic N) is 2. The molecule has 2 heterocycles. The second-order valence-corrected chi connectivity index (χ2v) is 7.00. The zero-order valence-electron chi connectivity index (χ0n) is 15.4. The third-order valence-electron chi connectivity index (χ3n) is 3.18. The average molecular weight is 480 g/mol. The van der Waals surface area contributed by atoms with E-state index in [2.05, 4.69) is 73.7 Å². The molecular weight excluding hydrogens is 456 g/mol. The minimum absolute atomic E-state index is 0.781. The van der Waals surface area contributed by atoms with Gasteiger partial charge < -0.3 is 4.52 Å². The number of hydrogen-bond donors (Lipinski definition) is 0. The van der Waals surface area contributed by atoms with Crippen LogP contribution in [0.2, 0.25) is 0 Å². The van der Waals surface area contributed by atoms with Crippen molar-refractivity contribution < 1.29 is 4.52 Å². The molecule has 3 rings (SSSR count). The van der Waals surface area contributed by atoms with Crippen LogP contribution < -0.4 is 0 Å². The lowest BCUT2D eigenvalue weighted by Gasteiger charge is -1.94.